The first-order valence-electron chi connectivity index (χ1n) is 10.3. The largest absolute Gasteiger partial charge is 0.465 e. The Morgan fingerprint density at radius 2 is 1.58 bits per heavy atom. The number of amides is 1. The number of hydrogen-bond acceptors (Lipinski definition) is 4. The predicted octanol–water partition coefficient (Wildman–Crippen LogP) is 5.71. The summed E-state index contributed by atoms with van der Waals surface area (Å²) in [6, 6.07) is 6.49. The molecule has 0 aliphatic rings. The fourth-order valence-corrected chi connectivity index (χ4v) is 3.34. The minimum absolute atomic E-state index is 0.151. The third-order valence-electron chi connectivity index (χ3n) is 4.48. The Bertz CT molecular complexity index is 712. The summed E-state index contributed by atoms with van der Waals surface area (Å²) >= 11 is 23.3. The number of carbonyl (C=O) groups is 2. The highest BCUT2D eigenvalue weighted by Crippen LogP contribution is 2.29. The van der Waals surface area contributed by atoms with Crippen molar-refractivity contribution in [1.82, 2.24) is 10.6 Å². The van der Waals surface area contributed by atoms with Gasteiger partial charge in [-0.15, -0.1) is 0 Å². The molecule has 10 heteroatoms. The molecule has 174 valence electrons. The lowest BCUT2D eigenvalue weighted by Crippen LogP contribution is -2.56. The summed E-state index contributed by atoms with van der Waals surface area (Å²) in [4.78, 5) is 23.8. The van der Waals surface area contributed by atoms with Crippen molar-refractivity contribution in [2.24, 2.45) is 0 Å². The number of carbonyl (C=O) groups excluding carboxylic acids is 2. The number of esters is 1. The zero-order valence-corrected chi connectivity index (χ0v) is 20.9. The molecule has 1 aromatic carbocycles. The molecule has 0 unspecified atom stereocenters. The van der Waals surface area contributed by atoms with Gasteiger partial charge in [-0.25, -0.2) is 4.79 Å². The van der Waals surface area contributed by atoms with E-state index in [0.29, 0.717) is 17.7 Å². The Balaban J connectivity index is 2.50. The van der Waals surface area contributed by atoms with E-state index in [0.717, 1.165) is 19.3 Å². The molecule has 1 amide bonds. The van der Waals surface area contributed by atoms with Gasteiger partial charge in [0.1, 0.15) is 6.17 Å². The van der Waals surface area contributed by atoms with Gasteiger partial charge in [-0.2, -0.15) is 0 Å². The van der Waals surface area contributed by atoms with Crippen LogP contribution in [0.25, 0.3) is 0 Å². The van der Waals surface area contributed by atoms with Crippen molar-refractivity contribution in [3.05, 3.63) is 29.8 Å². The molecule has 1 aromatic rings. The number of benzene rings is 1. The monoisotopic (exact) mass is 509 g/mol. The van der Waals surface area contributed by atoms with Crippen LogP contribution in [0.4, 0.5) is 5.69 Å². The number of nitrogens with one attached hydrogen (secondary N) is 3. The van der Waals surface area contributed by atoms with E-state index < -0.39 is 15.9 Å². The van der Waals surface area contributed by atoms with Crippen LogP contribution >= 0.6 is 47.0 Å². The van der Waals surface area contributed by atoms with Crippen molar-refractivity contribution in [2.75, 3.05) is 12.4 Å². The molecule has 31 heavy (non-hydrogen) atoms. The van der Waals surface area contributed by atoms with E-state index in [1.165, 1.54) is 32.8 Å². The fourth-order valence-electron chi connectivity index (χ4n) is 2.78. The fraction of sp³-hybridized carbons (Fsp3) is 0.571. The van der Waals surface area contributed by atoms with Gasteiger partial charge in [0.25, 0.3) is 0 Å². The van der Waals surface area contributed by atoms with Gasteiger partial charge in [0.2, 0.25) is 9.70 Å². The molecule has 3 N–H and O–H groups in total. The average molecular weight is 511 g/mol. The highest BCUT2D eigenvalue weighted by molar-refractivity contribution is 7.80. The van der Waals surface area contributed by atoms with Crippen LogP contribution in [0.3, 0.4) is 0 Å². The van der Waals surface area contributed by atoms with Crippen LogP contribution in [0.1, 0.15) is 68.6 Å². The van der Waals surface area contributed by atoms with Crippen LogP contribution in [-0.4, -0.2) is 34.1 Å². The van der Waals surface area contributed by atoms with Crippen molar-refractivity contribution in [3.8, 4) is 0 Å². The lowest BCUT2D eigenvalue weighted by molar-refractivity contribution is -0.122. The summed E-state index contributed by atoms with van der Waals surface area (Å²) in [5.74, 6) is -0.658. The van der Waals surface area contributed by atoms with Crippen LogP contribution in [0.2, 0.25) is 0 Å². The molecule has 0 aromatic heterocycles. The molecule has 0 heterocycles. The smallest absolute Gasteiger partial charge is 0.337 e. The standard InChI is InChI=1S/C21H30Cl3N3O3S/c1-3-4-5-6-7-8-9-10-17(28)26-19(21(22,23)24)27-20(31)25-16-13-11-15(12-14-16)18(29)30-2/h11-14,19H,3-10H2,1-2H3,(H,26,28)(H2,25,27,31)/t19-/m0/s1. The van der Waals surface area contributed by atoms with Crippen LogP contribution in [0, 0.1) is 0 Å². The zero-order valence-electron chi connectivity index (χ0n) is 17.8. The second-order valence-corrected chi connectivity index (χ2v) is 9.86. The van der Waals surface area contributed by atoms with Gasteiger partial charge in [0.15, 0.2) is 5.11 Å². The first kappa shape index (κ1) is 27.8. The minimum atomic E-state index is -1.81. The molecule has 0 radical (unpaired) electrons. The number of rotatable bonds is 12. The normalized spacial score (nSPS) is 12.0. The molecule has 0 bridgehead atoms. The van der Waals surface area contributed by atoms with E-state index in [-0.39, 0.29) is 11.0 Å². The van der Waals surface area contributed by atoms with Crippen LogP contribution in [-0.2, 0) is 9.53 Å². The maximum absolute atomic E-state index is 12.3. The quantitative estimate of drug-likeness (QED) is 0.110. The molecule has 0 aliphatic heterocycles. The van der Waals surface area contributed by atoms with Crippen LogP contribution in [0.15, 0.2) is 24.3 Å². The molecule has 0 spiro atoms. The Morgan fingerprint density at radius 1 is 1.00 bits per heavy atom. The second-order valence-electron chi connectivity index (χ2n) is 7.08. The van der Waals surface area contributed by atoms with Crippen LogP contribution < -0.4 is 16.0 Å². The molecule has 0 saturated heterocycles. The third-order valence-corrected chi connectivity index (χ3v) is 5.35. The number of anilines is 1. The molecular weight excluding hydrogens is 481 g/mol. The first-order valence-corrected chi connectivity index (χ1v) is 11.8. The maximum atomic E-state index is 12.3. The van der Waals surface area contributed by atoms with Gasteiger partial charge < -0.3 is 20.7 Å². The van der Waals surface area contributed by atoms with E-state index in [4.69, 9.17) is 47.0 Å². The van der Waals surface area contributed by atoms with Crippen molar-refractivity contribution in [2.45, 2.75) is 68.2 Å². The molecule has 0 saturated carbocycles. The highest BCUT2D eigenvalue weighted by Gasteiger charge is 2.34. The van der Waals surface area contributed by atoms with E-state index in [1.54, 1.807) is 24.3 Å². The van der Waals surface area contributed by atoms with E-state index >= 15 is 0 Å². The Hall–Kier alpha value is -1.28. The summed E-state index contributed by atoms with van der Waals surface area (Å²) in [6.07, 6.45) is 7.11. The van der Waals surface area contributed by atoms with E-state index in [1.807, 2.05) is 0 Å². The zero-order chi connectivity index (χ0) is 23.3. The lowest BCUT2D eigenvalue weighted by atomic mass is 10.1. The predicted molar refractivity (Wildman–Crippen MR) is 132 cm³/mol. The Morgan fingerprint density at radius 3 is 2.13 bits per heavy atom. The maximum Gasteiger partial charge on any atom is 0.337 e. The second kappa shape index (κ2) is 14.7. The number of thiocarbonyl (C=S) groups is 1. The summed E-state index contributed by atoms with van der Waals surface area (Å²) < 4.78 is 2.85. The number of methoxy groups -OCH3 is 1. The first-order chi connectivity index (χ1) is 14.7. The van der Waals surface area contributed by atoms with Crippen molar-refractivity contribution in [3.63, 3.8) is 0 Å². The van der Waals surface area contributed by atoms with Gasteiger partial charge in [0.05, 0.1) is 12.7 Å². The molecule has 1 rings (SSSR count). The molecule has 6 nitrogen and oxygen atoms in total. The Kier molecular flexibility index (Phi) is 13.2. The van der Waals surface area contributed by atoms with Crippen molar-refractivity contribution < 1.29 is 14.3 Å². The third kappa shape index (κ3) is 11.8. The SMILES string of the molecule is CCCCCCCCCC(=O)N[C@@H](NC(=S)Nc1ccc(C(=O)OC)cc1)C(Cl)(Cl)Cl. The lowest BCUT2D eigenvalue weighted by Gasteiger charge is -2.27. The van der Waals surface area contributed by atoms with E-state index in [9.17, 15) is 9.59 Å². The average Bonchev–Trinajstić information content (AvgIpc) is 2.72. The van der Waals surface area contributed by atoms with Gasteiger partial charge >= 0.3 is 5.97 Å². The number of hydrogen-bond donors (Lipinski definition) is 3. The van der Waals surface area contributed by atoms with Gasteiger partial charge in [-0.1, -0.05) is 80.3 Å². The summed E-state index contributed by atoms with van der Waals surface area (Å²) in [6.45, 7) is 2.18. The van der Waals surface area contributed by atoms with E-state index in [2.05, 4.69) is 27.6 Å². The Labute approximate surface area is 204 Å². The van der Waals surface area contributed by atoms with Crippen molar-refractivity contribution >= 4 is 69.7 Å². The molecule has 1 atom stereocenters. The minimum Gasteiger partial charge on any atom is -0.465 e. The summed E-state index contributed by atoms with van der Waals surface area (Å²) in [5.41, 5.74) is 1.02. The summed E-state index contributed by atoms with van der Waals surface area (Å²) in [7, 11) is 1.31. The highest BCUT2D eigenvalue weighted by atomic mass is 35.6. The summed E-state index contributed by atoms with van der Waals surface area (Å²) in [5, 5.41) is 8.56. The number of halogens is 3. The van der Waals surface area contributed by atoms with Gasteiger partial charge in [0, 0.05) is 12.1 Å². The van der Waals surface area contributed by atoms with Crippen LogP contribution in [0.5, 0.6) is 0 Å². The van der Waals surface area contributed by atoms with Crippen molar-refractivity contribution in [1.29, 1.82) is 0 Å². The molecular formula is C21H30Cl3N3O3S. The topological polar surface area (TPSA) is 79.5 Å². The number of ether oxygens (including phenoxy) is 1. The number of unbranched alkanes of at least 4 members (excludes halogenated alkanes) is 6. The molecule has 0 aliphatic carbocycles. The van der Waals surface area contributed by atoms with Gasteiger partial charge in [-0.05, 0) is 42.9 Å². The number of alkyl halides is 3. The molecule has 0 fully saturated rings. The van der Waals surface area contributed by atoms with Gasteiger partial charge in [-0.3, -0.25) is 4.79 Å².